The lowest BCUT2D eigenvalue weighted by molar-refractivity contribution is -0.118. The van der Waals surface area contributed by atoms with Crippen LogP contribution in [0.4, 0.5) is 11.4 Å². The normalized spacial score (nSPS) is 12.1. The quantitative estimate of drug-likeness (QED) is 0.899. The topological polar surface area (TPSA) is 46.3 Å². The Morgan fingerprint density at radius 3 is 2.05 bits per heavy atom. The van der Waals surface area contributed by atoms with E-state index in [9.17, 15) is 4.79 Å². The van der Waals surface area contributed by atoms with Crippen LogP contribution in [0.2, 0.25) is 0 Å². The van der Waals surface area contributed by atoms with Gasteiger partial charge in [-0.3, -0.25) is 9.69 Å². The van der Waals surface area contributed by atoms with E-state index in [-0.39, 0.29) is 18.3 Å². The van der Waals surface area contributed by atoms with Gasteiger partial charge in [-0.25, -0.2) is 0 Å². The summed E-state index contributed by atoms with van der Waals surface area (Å²) >= 11 is 1.71. The van der Waals surface area contributed by atoms with Crippen molar-refractivity contribution in [2.75, 3.05) is 11.4 Å². The molecule has 0 saturated carbocycles. The van der Waals surface area contributed by atoms with Gasteiger partial charge < -0.3 is 18.1 Å². The van der Waals surface area contributed by atoms with E-state index >= 15 is 0 Å². The number of para-hydroxylation sites is 2. The van der Waals surface area contributed by atoms with Gasteiger partial charge in [0.15, 0.2) is 0 Å². The van der Waals surface area contributed by atoms with Crippen LogP contribution < -0.4 is 23.0 Å². The highest BCUT2D eigenvalue weighted by molar-refractivity contribution is 7.99. The van der Waals surface area contributed by atoms with E-state index in [1.165, 1.54) is 0 Å². The molecule has 0 fully saturated rings. The summed E-state index contributed by atoms with van der Waals surface area (Å²) in [6, 6.07) is 16.0. The minimum absolute atomic E-state index is 0. The summed E-state index contributed by atoms with van der Waals surface area (Å²) < 4.78 is 0. The molecule has 3 rings (SSSR count). The molecular weight excluding hydrogens is 304 g/mol. The molecule has 0 atom stereocenters. The van der Waals surface area contributed by atoms with Crippen LogP contribution in [0, 0.1) is 0 Å². The van der Waals surface area contributed by atoms with E-state index < -0.39 is 0 Å². The highest BCUT2D eigenvalue weighted by Crippen LogP contribution is 2.48. The largest absolute Gasteiger partial charge is 1.00 e. The van der Waals surface area contributed by atoms with E-state index in [1.807, 2.05) is 41.3 Å². The van der Waals surface area contributed by atoms with Crippen LogP contribution in [0.1, 0.15) is 12.8 Å². The van der Waals surface area contributed by atoms with Gasteiger partial charge in [0.1, 0.15) is 0 Å². The zero-order chi connectivity index (χ0) is 13.9. The SMILES string of the molecule is NCCCC(=O)N1c2ccccc2Sc2ccccc21.[Cl-]. The summed E-state index contributed by atoms with van der Waals surface area (Å²) in [4.78, 5) is 16.6. The van der Waals surface area contributed by atoms with E-state index in [4.69, 9.17) is 5.73 Å². The summed E-state index contributed by atoms with van der Waals surface area (Å²) in [6.07, 6.45) is 1.19. The van der Waals surface area contributed by atoms with Crippen molar-refractivity contribution in [3.8, 4) is 0 Å². The van der Waals surface area contributed by atoms with Crippen LogP contribution in [0.25, 0.3) is 0 Å². The molecule has 1 aliphatic rings. The maximum Gasteiger partial charge on any atom is 0.231 e. The first-order valence-electron chi connectivity index (χ1n) is 6.70. The van der Waals surface area contributed by atoms with Crippen LogP contribution in [0.3, 0.4) is 0 Å². The van der Waals surface area contributed by atoms with Crippen molar-refractivity contribution in [1.82, 2.24) is 0 Å². The lowest BCUT2D eigenvalue weighted by Gasteiger charge is -2.31. The van der Waals surface area contributed by atoms with E-state index in [1.54, 1.807) is 11.8 Å². The second kappa shape index (κ2) is 6.98. The minimum Gasteiger partial charge on any atom is -1.00 e. The molecule has 2 N–H and O–H groups in total. The average Bonchev–Trinajstić information content (AvgIpc) is 2.50. The van der Waals surface area contributed by atoms with Gasteiger partial charge in [-0.2, -0.15) is 0 Å². The summed E-state index contributed by atoms with van der Waals surface area (Å²) in [5, 5.41) is 0. The first-order valence-corrected chi connectivity index (χ1v) is 7.52. The third kappa shape index (κ3) is 3.07. The Bertz CT molecular complexity index is 602. The Kier molecular flexibility index (Phi) is 5.28. The van der Waals surface area contributed by atoms with Crippen molar-refractivity contribution in [3.63, 3.8) is 0 Å². The molecule has 0 bridgehead atoms. The van der Waals surface area contributed by atoms with Crippen LogP contribution in [-0.2, 0) is 4.79 Å². The van der Waals surface area contributed by atoms with Gasteiger partial charge in [0.2, 0.25) is 5.91 Å². The molecule has 0 aromatic heterocycles. The Morgan fingerprint density at radius 2 is 1.52 bits per heavy atom. The lowest BCUT2D eigenvalue weighted by atomic mass is 10.2. The van der Waals surface area contributed by atoms with Gasteiger partial charge >= 0.3 is 0 Å². The number of hydrogen-bond donors (Lipinski definition) is 1. The molecule has 1 aliphatic heterocycles. The summed E-state index contributed by atoms with van der Waals surface area (Å²) in [5.74, 6) is 0.107. The maximum atomic E-state index is 12.5. The first-order chi connectivity index (χ1) is 9.81. The summed E-state index contributed by atoms with van der Waals surface area (Å²) in [6.45, 7) is 0.539. The summed E-state index contributed by atoms with van der Waals surface area (Å²) in [5.41, 5.74) is 7.46. The number of benzene rings is 2. The number of carbonyl (C=O) groups excluding carboxylic acids is 1. The zero-order valence-corrected chi connectivity index (χ0v) is 13.0. The van der Waals surface area contributed by atoms with Crippen LogP contribution in [0.15, 0.2) is 58.3 Å². The van der Waals surface area contributed by atoms with Crippen molar-refractivity contribution >= 4 is 29.0 Å². The fraction of sp³-hybridized carbons (Fsp3) is 0.188. The fourth-order valence-corrected chi connectivity index (χ4v) is 3.40. The molecule has 1 amide bonds. The highest BCUT2D eigenvalue weighted by Gasteiger charge is 2.27. The van der Waals surface area contributed by atoms with E-state index in [0.29, 0.717) is 19.4 Å². The van der Waals surface area contributed by atoms with Crippen molar-refractivity contribution < 1.29 is 17.2 Å². The predicted octanol–water partition coefficient (Wildman–Crippen LogP) is 0.559. The van der Waals surface area contributed by atoms with Crippen LogP contribution in [0.5, 0.6) is 0 Å². The molecule has 5 heteroatoms. The van der Waals surface area contributed by atoms with Crippen molar-refractivity contribution in [1.29, 1.82) is 0 Å². The monoisotopic (exact) mass is 319 g/mol. The van der Waals surface area contributed by atoms with Gasteiger partial charge in [0.05, 0.1) is 11.4 Å². The smallest absolute Gasteiger partial charge is 0.231 e. The highest BCUT2D eigenvalue weighted by atomic mass is 35.5. The molecule has 0 spiro atoms. The lowest BCUT2D eigenvalue weighted by Crippen LogP contribution is -3.00. The number of nitrogens with two attached hydrogens (primary N) is 1. The van der Waals surface area contributed by atoms with Gasteiger partial charge in [-0.05, 0) is 37.2 Å². The molecule has 2 aromatic rings. The van der Waals surface area contributed by atoms with Crippen molar-refractivity contribution in [3.05, 3.63) is 48.5 Å². The number of nitrogens with zero attached hydrogens (tertiary/aromatic N) is 1. The number of fused-ring (bicyclic) bond motifs is 2. The van der Waals surface area contributed by atoms with Gasteiger partial charge in [0.25, 0.3) is 0 Å². The Labute approximate surface area is 134 Å². The standard InChI is InChI=1S/C16H16N2OS.ClH/c17-11-5-10-16(19)18-12-6-1-3-8-14(12)20-15-9-4-2-7-13(15)18;/h1-4,6-9H,5,10-11,17H2;1H/p-1. The fourth-order valence-electron chi connectivity index (χ4n) is 2.34. The molecule has 0 radical (unpaired) electrons. The molecule has 2 aromatic carbocycles. The number of anilines is 2. The molecule has 21 heavy (non-hydrogen) atoms. The predicted molar refractivity (Wildman–Crippen MR) is 82.4 cm³/mol. The Balaban J connectivity index is 0.00000161. The van der Waals surface area contributed by atoms with E-state index in [0.717, 1.165) is 21.2 Å². The number of amides is 1. The third-order valence-electron chi connectivity index (χ3n) is 3.28. The summed E-state index contributed by atoms with van der Waals surface area (Å²) in [7, 11) is 0. The molecule has 0 saturated heterocycles. The molecular formula is C16H16ClN2OS-. The molecule has 3 nitrogen and oxygen atoms in total. The Hall–Kier alpha value is -1.49. The van der Waals surface area contributed by atoms with Crippen LogP contribution >= 0.6 is 11.8 Å². The molecule has 1 heterocycles. The number of halogens is 1. The molecule has 0 aliphatic carbocycles. The third-order valence-corrected chi connectivity index (χ3v) is 4.41. The van der Waals surface area contributed by atoms with Gasteiger partial charge in [-0.15, -0.1) is 0 Å². The van der Waals surface area contributed by atoms with Crippen molar-refractivity contribution in [2.45, 2.75) is 22.6 Å². The molecule has 110 valence electrons. The number of hydrogen-bond acceptors (Lipinski definition) is 3. The van der Waals surface area contributed by atoms with Crippen LogP contribution in [-0.4, -0.2) is 12.5 Å². The second-order valence-corrected chi connectivity index (χ2v) is 5.74. The first kappa shape index (κ1) is 15.9. The van der Waals surface area contributed by atoms with Gasteiger partial charge in [-0.1, -0.05) is 36.0 Å². The van der Waals surface area contributed by atoms with E-state index in [2.05, 4.69) is 12.1 Å². The molecule has 0 unspecified atom stereocenters. The maximum absolute atomic E-state index is 12.5. The number of rotatable bonds is 3. The number of carbonyl (C=O) groups is 1. The average molecular weight is 320 g/mol. The van der Waals surface area contributed by atoms with Gasteiger partial charge in [0, 0.05) is 16.2 Å². The second-order valence-electron chi connectivity index (χ2n) is 4.66. The minimum atomic E-state index is 0. The Morgan fingerprint density at radius 1 is 1.00 bits per heavy atom. The van der Waals surface area contributed by atoms with Crippen molar-refractivity contribution in [2.24, 2.45) is 5.73 Å². The zero-order valence-electron chi connectivity index (χ0n) is 11.5.